The molecule has 0 bridgehead atoms. The molecule has 4 rings (SSSR count). The number of hydrogen-bond donors (Lipinski definition) is 1. The maximum atomic E-state index is 13.1. The largest absolute Gasteiger partial charge is 0.503 e. The smallest absolute Gasteiger partial charge is 0.294 e. The van der Waals surface area contributed by atoms with Crippen LogP contribution in [0.25, 0.3) is 0 Å². The van der Waals surface area contributed by atoms with Gasteiger partial charge in [-0.05, 0) is 48.2 Å². The van der Waals surface area contributed by atoms with Gasteiger partial charge in [-0.25, -0.2) is 0 Å². The van der Waals surface area contributed by atoms with Gasteiger partial charge in [-0.3, -0.25) is 19.5 Å². The lowest BCUT2D eigenvalue weighted by Crippen LogP contribution is -2.31. The van der Waals surface area contributed by atoms with Crippen molar-refractivity contribution < 1.29 is 14.7 Å². The summed E-state index contributed by atoms with van der Waals surface area (Å²) >= 11 is 1.27. The SMILES string of the molecule is Cc1cccc(N2C(=O)C(O)=C(C(=O)c3cccs3)C2c2ccccn2)c1. The predicted molar refractivity (Wildman–Crippen MR) is 104 cm³/mol. The molecule has 6 heteroatoms. The van der Waals surface area contributed by atoms with E-state index >= 15 is 0 Å². The summed E-state index contributed by atoms with van der Waals surface area (Å²) in [7, 11) is 0. The molecule has 2 aromatic heterocycles. The molecule has 3 heterocycles. The summed E-state index contributed by atoms with van der Waals surface area (Å²) in [6, 6.07) is 15.4. The number of aliphatic hydroxyl groups is 1. The van der Waals surface area contributed by atoms with E-state index in [9.17, 15) is 14.7 Å². The number of amides is 1. The monoisotopic (exact) mass is 376 g/mol. The Balaban J connectivity index is 1.89. The molecule has 0 spiro atoms. The number of aliphatic hydroxyl groups excluding tert-OH is 1. The molecule has 1 N–H and O–H groups in total. The van der Waals surface area contributed by atoms with Crippen molar-refractivity contribution in [1.29, 1.82) is 0 Å². The van der Waals surface area contributed by atoms with Crippen molar-refractivity contribution in [3.8, 4) is 0 Å². The van der Waals surface area contributed by atoms with Crippen LogP contribution in [0.4, 0.5) is 5.69 Å². The van der Waals surface area contributed by atoms with Crippen molar-refractivity contribution >= 4 is 28.7 Å². The molecule has 3 aromatic rings. The fourth-order valence-corrected chi connectivity index (χ4v) is 3.92. The van der Waals surface area contributed by atoms with Gasteiger partial charge in [0.05, 0.1) is 16.1 Å². The number of pyridine rings is 1. The fourth-order valence-electron chi connectivity index (χ4n) is 3.24. The Morgan fingerprint density at radius 2 is 2.00 bits per heavy atom. The molecule has 5 nitrogen and oxygen atoms in total. The van der Waals surface area contributed by atoms with Crippen molar-refractivity contribution in [2.24, 2.45) is 0 Å². The van der Waals surface area contributed by atoms with E-state index in [2.05, 4.69) is 4.98 Å². The normalized spacial score (nSPS) is 16.9. The van der Waals surface area contributed by atoms with Crippen molar-refractivity contribution in [1.82, 2.24) is 4.98 Å². The summed E-state index contributed by atoms with van der Waals surface area (Å²) in [6.45, 7) is 1.92. The predicted octanol–water partition coefficient (Wildman–Crippen LogP) is 4.23. The van der Waals surface area contributed by atoms with E-state index < -0.39 is 17.7 Å². The Bertz CT molecular complexity index is 1040. The highest BCUT2D eigenvalue weighted by Crippen LogP contribution is 2.41. The van der Waals surface area contributed by atoms with Crippen LogP contribution in [-0.4, -0.2) is 21.8 Å². The molecule has 0 saturated heterocycles. The first-order valence-corrected chi connectivity index (χ1v) is 9.28. The highest BCUT2D eigenvalue weighted by atomic mass is 32.1. The van der Waals surface area contributed by atoms with Gasteiger partial charge in [-0.1, -0.05) is 24.3 Å². The summed E-state index contributed by atoms with van der Waals surface area (Å²) in [5, 5.41) is 12.4. The Morgan fingerprint density at radius 1 is 1.15 bits per heavy atom. The van der Waals surface area contributed by atoms with Crippen LogP contribution in [0.3, 0.4) is 0 Å². The third-order valence-corrected chi connectivity index (χ3v) is 5.31. The zero-order chi connectivity index (χ0) is 19.0. The number of rotatable bonds is 4. The first-order chi connectivity index (χ1) is 13.1. The van der Waals surface area contributed by atoms with Gasteiger partial charge in [0.1, 0.15) is 6.04 Å². The summed E-state index contributed by atoms with van der Waals surface area (Å²) in [5.41, 5.74) is 2.16. The molecule has 134 valence electrons. The minimum atomic E-state index is -0.782. The first kappa shape index (κ1) is 17.2. The Kier molecular flexibility index (Phi) is 4.33. The zero-order valence-corrected chi connectivity index (χ0v) is 15.3. The summed E-state index contributed by atoms with van der Waals surface area (Å²) < 4.78 is 0. The number of carbonyl (C=O) groups excluding carboxylic acids is 2. The number of Topliss-reactive ketones (excluding diaryl/α,β-unsaturated/α-hetero) is 1. The van der Waals surface area contributed by atoms with Crippen LogP contribution in [0, 0.1) is 6.92 Å². The van der Waals surface area contributed by atoms with E-state index in [0.717, 1.165) is 5.56 Å². The highest BCUT2D eigenvalue weighted by molar-refractivity contribution is 7.12. The van der Waals surface area contributed by atoms with Crippen LogP contribution < -0.4 is 4.90 Å². The lowest BCUT2D eigenvalue weighted by molar-refractivity contribution is -0.117. The number of anilines is 1. The number of carbonyl (C=O) groups is 2. The average molecular weight is 376 g/mol. The minimum absolute atomic E-state index is 0.0580. The van der Waals surface area contributed by atoms with Crippen LogP contribution in [0.1, 0.15) is 27.0 Å². The lowest BCUT2D eigenvalue weighted by atomic mass is 9.98. The molecule has 0 saturated carbocycles. The minimum Gasteiger partial charge on any atom is -0.503 e. The number of ketones is 1. The lowest BCUT2D eigenvalue weighted by Gasteiger charge is -2.26. The maximum Gasteiger partial charge on any atom is 0.294 e. The Morgan fingerprint density at radius 3 is 2.67 bits per heavy atom. The topological polar surface area (TPSA) is 70.5 Å². The van der Waals surface area contributed by atoms with Gasteiger partial charge in [0.2, 0.25) is 5.78 Å². The van der Waals surface area contributed by atoms with Crippen molar-refractivity contribution in [3.63, 3.8) is 0 Å². The van der Waals surface area contributed by atoms with Gasteiger partial charge in [-0.15, -0.1) is 11.3 Å². The summed E-state index contributed by atoms with van der Waals surface area (Å²) in [4.78, 5) is 32.3. The van der Waals surface area contributed by atoms with E-state index in [4.69, 9.17) is 0 Å². The molecule has 0 aliphatic carbocycles. The molecule has 0 fully saturated rings. The van der Waals surface area contributed by atoms with Crippen LogP contribution in [0.5, 0.6) is 0 Å². The molecule has 1 unspecified atom stereocenters. The number of benzene rings is 1. The average Bonchev–Trinajstić information content (AvgIpc) is 3.30. The number of nitrogens with zero attached hydrogens (tertiary/aromatic N) is 2. The highest BCUT2D eigenvalue weighted by Gasteiger charge is 2.45. The van der Waals surface area contributed by atoms with Crippen LogP contribution in [0.2, 0.25) is 0 Å². The Labute approximate surface area is 160 Å². The van der Waals surface area contributed by atoms with Crippen molar-refractivity contribution in [2.45, 2.75) is 13.0 Å². The Hall–Kier alpha value is -3.25. The quantitative estimate of drug-likeness (QED) is 0.692. The first-order valence-electron chi connectivity index (χ1n) is 8.40. The molecule has 1 aliphatic rings. The molecule has 1 aliphatic heterocycles. The molecule has 1 aromatic carbocycles. The zero-order valence-electron chi connectivity index (χ0n) is 14.5. The van der Waals surface area contributed by atoms with Gasteiger partial charge in [0, 0.05) is 11.9 Å². The molecular weight excluding hydrogens is 360 g/mol. The van der Waals surface area contributed by atoms with E-state index in [0.29, 0.717) is 16.3 Å². The maximum absolute atomic E-state index is 13.1. The van der Waals surface area contributed by atoms with Crippen LogP contribution >= 0.6 is 11.3 Å². The number of aryl methyl sites for hydroxylation is 1. The third kappa shape index (κ3) is 2.94. The molecule has 1 amide bonds. The number of aromatic nitrogens is 1. The van der Waals surface area contributed by atoms with Crippen LogP contribution in [-0.2, 0) is 4.79 Å². The van der Waals surface area contributed by atoms with E-state index in [-0.39, 0.29) is 11.4 Å². The summed E-state index contributed by atoms with van der Waals surface area (Å²) in [6.07, 6.45) is 1.61. The van der Waals surface area contributed by atoms with Crippen molar-refractivity contribution in [3.05, 3.63) is 93.6 Å². The number of thiophene rings is 1. The number of hydrogen-bond acceptors (Lipinski definition) is 5. The molecule has 0 radical (unpaired) electrons. The van der Waals surface area contributed by atoms with Gasteiger partial charge in [0.15, 0.2) is 5.76 Å². The second-order valence-electron chi connectivity index (χ2n) is 6.24. The van der Waals surface area contributed by atoms with E-state index in [1.807, 2.05) is 25.1 Å². The van der Waals surface area contributed by atoms with Gasteiger partial charge in [-0.2, -0.15) is 0 Å². The van der Waals surface area contributed by atoms with Crippen LogP contribution in [0.15, 0.2) is 77.5 Å². The van der Waals surface area contributed by atoms with Gasteiger partial charge in [0.25, 0.3) is 5.91 Å². The van der Waals surface area contributed by atoms with E-state index in [1.165, 1.54) is 16.2 Å². The molecular formula is C21H16N2O3S. The molecule has 27 heavy (non-hydrogen) atoms. The fraction of sp³-hybridized carbons (Fsp3) is 0.0952. The summed E-state index contributed by atoms with van der Waals surface area (Å²) in [5.74, 6) is -1.48. The van der Waals surface area contributed by atoms with Crippen molar-refractivity contribution in [2.75, 3.05) is 4.90 Å². The standard InChI is InChI=1S/C21H16N2O3S/c1-13-6-4-7-14(12-13)23-18(15-8-2-3-10-22-15)17(20(25)21(23)26)19(24)16-9-5-11-27-16/h2-12,18,25H,1H3. The van der Waals surface area contributed by atoms with Gasteiger partial charge < -0.3 is 5.11 Å². The van der Waals surface area contributed by atoms with E-state index in [1.54, 1.807) is 48.0 Å². The second kappa shape index (κ2) is 6.81. The second-order valence-corrected chi connectivity index (χ2v) is 7.19. The van der Waals surface area contributed by atoms with Gasteiger partial charge >= 0.3 is 0 Å². The molecule has 1 atom stereocenters. The third-order valence-electron chi connectivity index (χ3n) is 4.45.